The van der Waals surface area contributed by atoms with E-state index in [2.05, 4.69) is 291 Å². The minimum absolute atomic E-state index is 0.00337. The van der Waals surface area contributed by atoms with Gasteiger partial charge in [0.2, 0.25) is 0 Å². The van der Waals surface area contributed by atoms with Gasteiger partial charge < -0.3 is 14.7 Å². The molecule has 3 aliphatic rings. The van der Waals surface area contributed by atoms with E-state index in [1.807, 2.05) is 0 Å². The summed E-state index contributed by atoms with van der Waals surface area (Å²) >= 11 is 0. The van der Waals surface area contributed by atoms with Gasteiger partial charge in [0, 0.05) is 45.4 Å². The molecule has 9 aromatic rings. The number of para-hydroxylation sites is 2. The van der Waals surface area contributed by atoms with Crippen molar-refractivity contribution in [2.75, 3.05) is 14.7 Å². The molecule has 3 nitrogen and oxygen atoms in total. The molecule has 0 atom stereocenters. The van der Waals surface area contributed by atoms with Crippen LogP contribution in [0.25, 0.3) is 22.3 Å². The molecule has 366 valence electrons. The molecule has 12 rings (SSSR count). The van der Waals surface area contributed by atoms with E-state index >= 15 is 0 Å². The summed E-state index contributed by atoms with van der Waals surface area (Å²) in [5.41, 5.74) is 26.0. The minimum atomic E-state index is -0.0786. The zero-order valence-corrected chi connectivity index (χ0v) is 45.2. The van der Waals surface area contributed by atoms with Crippen LogP contribution in [-0.4, -0.2) is 6.71 Å². The number of nitrogens with zero attached hydrogens (tertiary/aromatic N) is 3. The molecule has 0 radical (unpaired) electrons. The SMILES string of the molecule is Cc1cc(C(C)(C)C)ccc1N1c2cc3c(cc2B2c4cc(-c5ccccc5)ccc4N(c4ccc(C(C)(C)C)cc4-c4ccccc4)c4cc(N(c5ccccc5)c5ccccc5)cc1c42)C(C)(C)CC3(C)C. The summed E-state index contributed by atoms with van der Waals surface area (Å²) in [4.78, 5) is 7.75. The summed E-state index contributed by atoms with van der Waals surface area (Å²) in [6.45, 7) is 26.0. The topological polar surface area (TPSA) is 9.72 Å². The van der Waals surface area contributed by atoms with Gasteiger partial charge in [-0.2, -0.15) is 0 Å². The van der Waals surface area contributed by atoms with Gasteiger partial charge in [0.15, 0.2) is 0 Å². The van der Waals surface area contributed by atoms with E-state index in [9.17, 15) is 0 Å². The average Bonchev–Trinajstić information content (AvgIpc) is 3.60. The number of benzene rings is 9. The second-order valence-corrected chi connectivity index (χ2v) is 24.6. The van der Waals surface area contributed by atoms with Crippen molar-refractivity contribution in [2.24, 2.45) is 0 Å². The standard InChI is InChI=1S/C70H68BN3/c1-46-38-50(67(2,3)4)33-36-60(46)73-63-44-57-56(69(8,9)45-70(57,10)11)43-59(63)71-58-39-49(47-24-16-12-17-25-47)32-35-62(58)74(61-37-34-51(68(5,6)7)40-55(61)48-26-18-13-19-27-48)65-42-54(41-64(73)66(65)71)72(52-28-20-14-21-29-52)53-30-22-15-23-31-53/h12-44H,45H2,1-11H3. The molecule has 2 aliphatic heterocycles. The largest absolute Gasteiger partial charge is 0.311 e. The third-order valence-corrected chi connectivity index (χ3v) is 16.4. The number of fused-ring (bicyclic) bond motifs is 5. The zero-order chi connectivity index (χ0) is 51.5. The maximum absolute atomic E-state index is 2.66. The smallest absolute Gasteiger partial charge is 0.252 e. The molecule has 4 heteroatoms. The first-order valence-corrected chi connectivity index (χ1v) is 26.8. The van der Waals surface area contributed by atoms with E-state index in [0.29, 0.717) is 0 Å². The summed E-state index contributed by atoms with van der Waals surface area (Å²) in [7, 11) is 0. The van der Waals surface area contributed by atoms with Crippen molar-refractivity contribution < 1.29 is 0 Å². The van der Waals surface area contributed by atoms with Crippen LogP contribution in [-0.2, 0) is 21.7 Å². The molecular formula is C70H68BN3. The quantitative estimate of drug-likeness (QED) is 0.147. The van der Waals surface area contributed by atoms with Gasteiger partial charge in [-0.15, -0.1) is 0 Å². The number of hydrogen-bond acceptors (Lipinski definition) is 3. The van der Waals surface area contributed by atoms with Gasteiger partial charge in [-0.1, -0.05) is 203 Å². The fraction of sp³-hybridized carbons (Fsp3) is 0.229. The Morgan fingerprint density at radius 3 is 1.43 bits per heavy atom. The molecule has 1 aliphatic carbocycles. The lowest BCUT2D eigenvalue weighted by Crippen LogP contribution is -2.61. The minimum Gasteiger partial charge on any atom is -0.311 e. The highest BCUT2D eigenvalue weighted by molar-refractivity contribution is 7.00. The Balaban J connectivity index is 1.26. The van der Waals surface area contributed by atoms with Gasteiger partial charge in [0.25, 0.3) is 6.71 Å². The van der Waals surface area contributed by atoms with E-state index in [-0.39, 0.29) is 28.4 Å². The Kier molecular flexibility index (Phi) is 11.1. The molecule has 0 spiro atoms. The van der Waals surface area contributed by atoms with Gasteiger partial charge >= 0.3 is 0 Å². The van der Waals surface area contributed by atoms with Crippen LogP contribution >= 0.6 is 0 Å². The number of rotatable bonds is 7. The normalized spacial score (nSPS) is 15.0. The molecule has 0 bridgehead atoms. The predicted molar refractivity (Wildman–Crippen MR) is 319 cm³/mol. The second-order valence-electron chi connectivity index (χ2n) is 24.6. The fourth-order valence-electron chi connectivity index (χ4n) is 12.9. The maximum Gasteiger partial charge on any atom is 0.252 e. The van der Waals surface area contributed by atoms with Gasteiger partial charge in [0.1, 0.15) is 0 Å². The number of hydrogen-bond donors (Lipinski definition) is 0. The van der Waals surface area contributed by atoms with Crippen LogP contribution < -0.4 is 31.1 Å². The maximum atomic E-state index is 2.66. The molecule has 0 saturated carbocycles. The van der Waals surface area contributed by atoms with E-state index in [0.717, 1.165) is 29.2 Å². The van der Waals surface area contributed by atoms with Crippen molar-refractivity contribution in [1.29, 1.82) is 0 Å². The molecule has 0 aromatic heterocycles. The Morgan fingerprint density at radius 2 is 0.878 bits per heavy atom. The molecule has 74 heavy (non-hydrogen) atoms. The summed E-state index contributed by atoms with van der Waals surface area (Å²) < 4.78 is 0. The third kappa shape index (κ3) is 7.88. The van der Waals surface area contributed by atoms with Crippen LogP contribution in [0.2, 0.25) is 0 Å². The third-order valence-electron chi connectivity index (χ3n) is 16.4. The summed E-state index contributed by atoms with van der Waals surface area (Å²) in [5.74, 6) is 0. The summed E-state index contributed by atoms with van der Waals surface area (Å²) in [5, 5.41) is 0. The van der Waals surface area contributed by atoms with Crippen LogP contribution in [0.4, 0.5) is 51.2 Å². The van der Waals surface area contributed by atoms with Crippen molar-refractivity contribution >= 4 is 74.3 Å². The molecule has 0 amide bonds. The van der Waals surface area contributed by atoms with E-state index in [1.54, 1.807) is 0 Å². The van der Waals surface area contributed by atoms with Crippen molar-refractivity contribution in [1.82, 2.24) is 0 Å². The van der Waals surface area contributed by atoms with Crippen LogP contribution in [0.5, 0.6) is 0 Å². The van der Waals surface area contributed by atoms with E-state index in [4.69, 9.17) is 0 Å². The number of aryl methyl sites for hydroxylation is 1. The highest BCUT2D eigenvalue weighted by Gasteiger charge is 2.49. The summed E-state index contributed by atoms with van der Waals surface area (Å²) in [6.07, 6.45) is 1.09. The Bertz CT molecular complexity index is 3580. The summed E-state index contributed by atoms with van der Waals surface area (Å²) in [6, 6.07) is 75.9. The van der Waals surface area contributed by atoms with Crippen LogP contribution in [0.1, 0.15) is 103 Å². The molecule has 2 heterocycles. The van der Waals surface area contributed by atoms with Crippen molar-refractivity contribution in [2.45, 2.75) is 104 Å². The Morgan fingerprint density at radius 1 is 0.405 bits per heavy atom. The predicted octanol–water partition coefficient (Wildman–Crippen LogP) is 17.4. The molecule has 0 fully saturated rings. The van der Waals surface area contributed by atoms with E-state index < -0.39 is 0 Å². The average molecular weight is 962 g/mol. The van der Waals surface area contributed by atoms with Crippen LogP contribution in [0, 0.1) is 6.92 Å². The first kappa shape index (κ1) is 47.4. The molecule has 9 aromatic carbocycles. The van der Waals surface area contributed by atoms with Crippen LogP contribution in [0.3, 0.4) is 0 Å². The van der Waals surface area contributed by atoms with E-state index in [1.165, 1.54) is 94.9 Å². The lowest BCUT2D eigenvalue weighted by atomic mass is 9.33. The highest BCUT2D eigenvalue weighted by atomic mass is 15.2. The Labute approximate surface area is 441 Å². The van der Waals surface area contributed by atoms with Crippen molar-refractivity contribution in [3.05, 3.63) is 228 Å². The molecule has 0 unspecified atom stereocenters. The fourth-order valence-corrected chi connectivity index (χ4v) is 12.9. The number of anilines is 9. The molecule has 0 N–H and O–H groups in total. The molecular weight excluding hydrogens is 894 g/mol. The van der Waals surface area contributed by atoms with Crippen molar-refractivity contribution in [3.8, 4) is 22.3 Å². The molecule has 0 saturated heterocycles. The van der Waals surface area contributed by atoms with Crippen molar-refractivity contribution in [3.63, 3.8) is 0 Å². The first-order chi connectivity index (χ1) is 35.4. The zero-order valence-electron chi connectivity index (χ0n) is 45.2. The van der Waals surface area contributed by atoms with Gasteiger partial charge in [0.05, 0.1) is 11.4 Å². The highest BCUT2D eigenvalue weighted by Crippen LogP contribution is 2.55. The Hall–Kier alpha value is -7.56. The van der Waals surface area contributed by atoms with Gasteiger partial charge in [-0.05, 0) is 163 Å². The van der Waals surface area contributed by atoms with Crippen LogP contribution in [0.15, 0.2) is 200 Å². The lowest BCUT2D eigenvalue weighted by molar-refractivity contribution is 0.403. The monoisotopic (exact) mass is 962 g/mol. The van der Waals surface area contributed by atoms with Gasteiger partial charge in [-0.25, -0.2) is 0 Å². The second kappa shape index (κ2) is 17.3. The van der Waals surface area contributed by atoms with Gasteiger partial charge in [-0.3, -0.25) is 0 Å². The first-order valence-electron chi connectivity index (χ1n) is 26.8. The lowest BCUT2D eigenvalue weighted by Gasteiger charge is -2.46.